The molecule has 0 aliphatic heterocycles. The van der Waals surface area contributed by atoms with Gasteiger partial charge < -0.3 is 21.1 Å². The molecule has 1 aromatic carbocycles. The third-order valence-electron chi connectivity index (χ3n) is 3.55. The fourth-order valence-electron chi connectivity index (χ4n) is 2.12. The van der Waals surface area contributed by atoms with Gasteiger partial charge >= 0.3 is 5.97 Å². The number of nitrogens with two attached hydrogens (primary N) is 1. The topological polar surface area (TPSA) is 104 Å². The van der Waals surface area contributed by atoms with Crippen LogP contribution in [0.25, 0.3) is 0 Å². The molecule has 5 N–H and O–H groups in total. The Kier molecular flexibility index (Phi) is 3.38. The molecule has 2 rings (SSSR count). The maximum atomic E-state index is 11.2. The predicted molar refractivity (Wildman–Crippen MR) is 65.0 cm³/mol. The number of hydrogen-bond acceptors (Lipinski definition) is 4. The first-order valence-electron chi connectivity index (χ1n) is 5.91. The van der Waals surface area contributed by atoms with Crippen molar-refractivity contribution in [3.8, 4) is 0 Å². The van der Waals surface area contributed by atoms with Gasteiger partial charge in [0, 0.05) is 6.54 Å². The predicted octanol–water partition coefficient (Wildman–Crippen LogP) is 0.156. The van der Waals surface area contributed by atoms with Crippen molar-refractivity contribution in [3.05, 3.63) is 35.4 Å². The van der Waals surface area contributed by atoms with Crippen molar-refractivity contribution in [2.75, 3.05) is 6.54 Å². The normalized spacial score (nSPS) is 20.2. The molecule has 5 heteroatoms. The SMILES string of the molecule is NCC(O)C(O)c1cccc(C2(C(=O)O)CC2)c1. The van der Waals surface area contributed by atoms with Crippen molar-refractivity contribution < 1.29 is 20.1 Å². The molecule has 1 fully saturated rings. The molecular weight excluding hydrogens is 234 g/mol. The van der Waals surface area contributed by atoms with Gasteiger partial charge in [-0.25, -0.2) is 0 Å². The van der Waals surface area contributed by atoms with Crippen LogP contribution in [0.2, 0.25) is 0 Å². The molecule has 0 bridgehead atoms. The highest BCUT2D eigenvalue weighted by atomic mass is 16.4. The van der Waals surface area contributed by atoms with E-state index in [0.29, 0.717) is 24.0 Å². The second kappa shape index (κ2) is 4.68. The quantitative estimate of drug-likeness (QED) is 0.596. The Morgan fingerprint density at radius 2 is 2.06 bits per heavy atom. The van der Waals surface area contributed by atoms with Crippen LogP contribution < -0.4 is 5.73 Å². The summed E-state index contributed by atoms with van der Waals surface area (Å²) in [6.07, 6.45) is -0.900. The van der Waals surface area contributed by atoms with Gasteiger partial charge in [-0.2, -0.15) is 0 Å². The Morgan fingerprint density at radius 3 is 2.56 bits per heavy atom. The molecule has 0 aromatic heterocycles. The molecule has 1 aliphatic carbocycles. The molecule has 0 amide bonds. The minimum Gasteiger partial charge on any atom is -0.481 e. The Bertz CT molecular complexity index is 456. The highest BCUT2D eigenvalue weighted by Gasteiger charge is 2.51. The standard InChI is InChI=1S/C13H17NO4/c14-7-10(15)11(16)8-2-1-3-9(6-8)13(4-5-13)12(17)18/h1-3,6,10-11,15-16H,4-5,7,14H2,(H,17,18). The number of carbonyl (C=O) groups is 1. The van der Waals surface area contributed by atoms with Crippen LogP contribution in [0.3, 0.4) is 0 Å². The molecule has 2 atom stereocenters. The average molecular weight is 251 g/mol. The molecule has 2 unspecified atom stereocenters. The molecule has 18 heavy (non-hydrogen) atoms. The van der Waals surface area contributed by atoms with Crippen LogP contribution in [-0.2, 0) is 10.2 Å². The lowest BCUT2D eigenvalue weighted by Gasteiger charge is -2.18. The van der Waals surface area contributed by atoms with Gasteiger partial charge in [0.25, 0.3) is 0 Å². The number of carboxylic acids is 1. The first kappa shape index (κ1) is 13.0. The van der Waals surface area contributed by atoms with Crippen LogP contribution in [-0.4, -0.2) is 33.9 Å². The third kappa shape index (κ3) is 2.12. The van der Waals surface area contributed by atoms with E-state index in [9.17, 15) is 20.1 Å². The molecule has 0 saturated heterocycles. The van der Waals surface area contributed by atoms with Crippen molar-refractivity contribution in [1.82, 2.24) is 0 Å². The van der Waals surface area contributed by atoms with Gasteiger partial charge in [0.05, 0.1) is 11.5 Å². The average Bonchev–Trinajstić information content (AvgIpc) is 3.18. The lowest BCUT2D eigenvalue weighted by molar-refractivity contribution is -0.140. The van der Waals surface area contributed by atoms with E-state index in [1.165, 1.54) is 0 Å². The van der Waals surface area contributed by atoms with Gasteiger partial charge in [-0.15, -0.1) is 0 Å². The number of carboxylic acid groups (broad SMARTS) is 1. The molecule has 0 radical (unpaired) electrons. The summed E-state index contributed by atoms with van der Waals surface area (Å²) in [6, 6.07) is 6.74. The molecule has 5 nitrogen and oxygen atoms in total. The summed E-state index contributed by atoms with van der Waals surface area (Å²) in [5, 5.41) is 28.6. The summed E-state index contributed by atoms with van der Waals surface area (Å²) in [7, 11) is 0. The lowest BCUT2D eigenvalue weighted by atomic mass is 9.92. The monoisotopic (exact) mass is 251 g/mol. The second-order valence-corrected chi connectivity index (χ2v) is 4.76. The van der Waals surface area contributed by atoms with Crippen LogP contribution in [0.5, 0.6) is 0 Å². The highest BCUT2D eigenvalue weighted by molar-refractivity contribution is 5.84. The van der Waals surface area contributed by atoms with E-state index in [1.807, 2.05) is 0 Å². The van der Waals surface area contributed by atoms with Crippen molar-refractivity contribution in [1.29, 1.82) is 0 Å². The van der Waals surface area contributed by atoms with E-state index in [0.717, 1.165) is 0 Å². The first-order valence-corrected chi connectivity index (χ1v) is 5.91. The Labute approximate surface area is 105 Å². The summed E-state index contributed by atoms with van der Waals surface area (Å²) in [4.78, 5) is 11.2. The van der Waals surface area contributed by atoms with E-state index in [4.69, 9.17) is 5.73 Å². The van der Waals surface area contributed by atoms with Crippen LogP contribution in [0.15, 0.2) is 24.3 Å². The largest absolute Gasteiger partial charge is 0.481 e. The van der Waals surface area contributed by atoms with Gasteiger partial charge in [-0.3, -0.25) is 4.79 Å². The van der Waals surface area contributed by atoms with E-state index in [1.54, 1.807) is 24.3 Å². The lowest BCUT2D eigenvalue weighted by Crippen LogP contribution is -2.27. The number of benzene rings is 1. The molecule has 0 heterocycles. The molecule has 0 spiro atoms. The van der Waals surface area contributed by atoms with E-state index in [-0.39, 0.29) is 6.54 Å². The second-order valence-electron chi connectivity index (χ2n) is 4.76. The van der Waals surface area contributed by atoms with Crippen molar-refractivity contribution in [3.63, 3.8) is 0 Å². The Hall–Kier alpha value is -1.43. The molecule has 1 saturated carbocycles. The Morgan fingerprint density at radius 1 is 1.39 bits per heavy atom. The summed E-state index contributed by atoms with van der Waals surface area (Å²) < 4.78 is 0. The fourth-order valence-corrected chi connectivity index (χ4v) is 2.12. The van der Waals surface area contributed by atoms with Crippen molar-refractivity contribution in [2.24, 2.45) is 5.73 Å². The van der Waals surface area contributed by atoms with Gasteiger partial charge in [0.2, 0.25) is 0 Å². The van der Waals surface area contributed by atoms with Crippen LogP contribution in [0.1, 0.15) is 30.1 Å². The van der Waals surface area contributed by atoms with E-state index < -0.39 is 23.6 Å². The zero-order chi connectivity index (χ0) is 13.3. The summed E-state index contributed by atoms with van der Waals surface area (Å²) in [5.41, 5.74) is 5.66. The number of aliphatic hydroxyl groups excluding tert-OH is 2. The first-order chi connectivity index (χ1) is 8.51. The van der Waals surface area contributed by atoms with Crippen LogP contribution in [0.4, 0.5) is 0 Å². The van der Waals surface area contributed by atoms with Crippen LogP contribution >= 0.6 is 0 Å². The fraction of sp³-hybridized carbons (Fsp3) is 0.462. The number of aliphatic hydroxyl groups is 2. The van der Waals surface area contributed by atoms with Gasteiger partial charge in [0.1, 0.15) is 6.10 Å². The van der Waals surface area contributed by atoms with Crippen LogP contribution in [0, 0.1) is 0 Å². The van der Waals surface area contributed by atoms with Crippen molar-refractivity contribution >= 4 is 5.97 Å². The molecular formula is C13H17NO4. The van der Waals surface area contributed by atoms with Gasteiger partial charge in [-0.05, 0) is 24.0 Å². The van der Waals surface area contributed by atoms with E-state index >= 15 is 0 Å². The van der Waals surface area contributed by atoms with Gasteiger partial charge in [-0.1, -0.05) is 24.3 Å². The molecule has 1 aliphatic rings. The minimum absolute atomic E-state index is 0.0462. The Balaban J connectivity index is 2.29. The van der Waals surface area contributed by atoms with Crippen molar-refractivity contribution in [2.45, 2.75) is 30.5 Å². The minimum atomic E-state index is -1.08. The van der Waals surface area contributed by atoms with Gasteiger partial charge in [0.15, 0.2) is 0 Å². The summed E-state index contributed by atoms with van der Waals surface area (Å²) in [5.74, 6) is -0.839. The zero-order valence-electron chi connectivity index (χ0n) is 9.91. The third-order valence-corrected chi connectivity index (χ3v) is 3.55. The maximum Gasteiger partial charge on any atom is 0.314 e. The summed E-state index contributed by atoms with van der Waals surface area (Å²) in [6.45, 7) is -0.0462. The highest BCUT2D eigenvalue weighted by Crippen LogP contribution is 2.48. The molecule has 1 aromatic rings. The number of aliphatic carboxylic acids is 1. The molecule has 98 valence electrons. The summed E-state index contributed by atoms with van der Waals surface area (Å²) >= 11 is 0. The number of hydrogen-bond donors (Lipinski definition) is 4. The zero-order valence-corrected chi connectivity index (χ0v) is 9.91. The van der Waals surface area contributed by atoms with E-state index in [2.05, 4.69) is 0 Å². The number of rotatable bonds is 5. The maximum absolute atomic E-state index is 11.2. The smallest absolute Gasteiger partial charge is 0.314 e.